The van der Waals surface area contributed by atoms with Crippen LogP contribution >= 0.6 is 23.2 Å². The Morgan fingerprint density at radius 2 is 2.05 bits per heavy atom. The molecule has 0 bridgehead atoms. The molecule has 3 heterocycles. The molecule has 2 aromatic rings. The van der Waals surface area contributed by atoms with Crippen LogP contribution in [0.5, 0.6) is 0 Å². The van der Waals surface area contributed by atoms with Crippen molar-refractivity contribution in [3.63, 3.8) is 0 Å². The molecular formula is C14H13Cl2FN4O. The van der Waals surface area contributed by atoms with Crippen LogP contribution in [0.15, 0.2) is 18.3 Å². The van der Waals surface area contributed by atoms with Crippen molar-refractivity contribution in [3.8, 4) is 0 Å². The van der Waals surface area contributed by atoms with Gasteiger partial charge in [0.25, 0.3) is 5.91 Å². The number of fused-ring (bicyclic) bond motifs is 1. The molecule has 0 saturated carbocycles. The van der Waals surface area contributed by atoms with E-state index >= 15 is 0 Å². The fraction of sp³-hybridized carbons (Fsp3) is 0.357. The Bertz CT molecular complexity index is 748. The topological polar surface area (TPSA) is 51.0 Å². The normalized spacial score (nSPS) is 20.9. The first-order valence-corrected chi connectivity index (χ1v) is 7.54. The van der Waals surface area contributed by atoms with Crippen LogP contribution in [-0.4, -0.2) is 26.7 Å². The van der Waals surface area contributed by atoms with Crippen molar-refractivity contribution >= 4 is 34.9 Å². The summed E-state index contributed by atoms with van der Waals surface area (Å²) in [4.78, 5) is 18.0. The van der Waals surface area contributed by atoms with E-state index in [0.29, 0.717) is 5.82 Å². The number of hydrogen-bond acceptors (Lipinski definition) is 3. The fourth-order valence-electron chi connectivity index (χ4n) is 2.79. The summed E-state index contributed by atoms with van der Waals surface area (Å²) in [6.45, 7) is 3.96. The zero-order chi connectivity index (χ0) is 16.0. The van der Waals surface area contributed by atoms with Crippen LogP contribution in [0.25, 0.3) is 0 Å². The Morgan fingerprint density at radius 1 is 1.32 bits per heavy atom. The molecule has 0 saturated heterocycles. The Hall–Kier alpha value is -1.66. The van der Waals surface area contributed by atoms with Gasteiger partial charge in [-0.1, -0.05) is 23.2 Å². The average molecular weight is 343 g/mol. The fourth-order valence-corrected chi connectivity index (χ4v) is 3.19. The molecule has 0 N–H and O–H groups in total. The second-order valence-corrected chi connectivity index (χ2v) is 6.06. The van der Waals surface area contributed by atoms with Crippen LogP contribution < -0.4 is 4.90 Å². The summed E-state index contributed by atoms with van der Waals surface area (Å²) in [5.74, 6) is -0.544. The van der Waals surface area contributed by atoms with Crippen LogP contribution in [0, 0.1) is 5.82 Å². The minimum absolute atomic E-state index is 0.0160. The second-order valence-electron chi connectivity index (χ2n) is 5.34. The smallest absolute Gasteiger partial charge is 0.262 e. The maximum absolute atomic E-state index is 13.6. The molecule has 0 aliphatic carbocycles. The van der Waals surface area contributed by atoms with E-state index in [4.69, 9.17) is 23.2 Å². The molecule has 2 aromatic heterocycles. The number of pyridine rings is 1. The molecular weight excluding hydrogens is 330 g/mol. The number of hydrogen-bond donors (Lipinski definition) is 0. The maximum atomic E-state index is 13.6. The van der Waals surface area contributed by atoms with E-state index in [0.717, 1.165) is 12.5 Å². The van der Waals surface area contributed by atoms with Crippen LogP contribution in [-0.2, 0) is 0 Å². The van der Waals surface area contributed by atoms with Gasteiger partial charge in [0.15, 0.2) is 11.0 Å². The largest absolute Gasteiger partial charge is 0.290 e. The summed E-state index contributed by atoms with van der Waals surface area (Å²) in [6, 6.07) is 2.88. The van der Waals surface area contributed by atoms with Gasteiger partial charge in [0.2, 0.25) is 0 Å². The number of rotatable bonds is 1. The van der Waals surface area contributed by atoms with E-state index in [1.807, 2.05) is 13.8 Å². The molecule has 0 fully saturated rings. The van der Waals surface area contributed by atoms with Gasteiger partial charge in [-0.2, -0.15) is 5.10 Å². The Balaban J connectivity index is 2.06. The van der Waals surface area contributed by atoms with Crippen LogP contribution in [0.3, 0.4) is 0 Å². The molecule has 0 spiro atoms. The lowest BCUT2D eigenvalue weighted by Crippen LogP contribution is -2.45. The first-order chi connectivity index (χ1) is 10.4. The third-order valence-corrected chi connectivity index (χ3v) is 4.33. The van der Waals surface area contributed by atoms with E-state index in [1.165, 1.54) is 0 Å². The molecule has 3 rings (SSSR count). The van der Waals surface area contributed by atoms with Crippen LogP contribution in [0.2, 0.25) is 10.3 Å². The molecule has 116 valence electrons. The van der Waals surface area contributed by atoms with E-state index in [-0.39, 0.29) is 28.0 Å². The average Bonchev–Trinajstić information content (AvgIpc) is 2.92. The molecule has 5 nitrogen and oxygen atoms in total. The van der Waals surface area contributed by atoms with Crippen LogP contribution in [0.4, 0.5) is 10.2 Å². The third kappa shape index (κ3) is 2.36. The molecule has 8 heteroatoms. The van der Waals surface area contributed by atoms with Crippen LogP contribution in [0.1, 0.15) is 36.7 Å². The summed E-state index contributed by atoms with van der Waals surface area (Å²) in [6.07, 6.45) is 2.37. The van der Waals surface area contributed by atoms with Gasteiger partial charge in [-0.3, -0.25) is 9.69 Å². The van der Waals surface area contributed by atoms with Gasteiger partial charge >= 0.3 is 0 Å². The molecule has 1 aliphatic rings. The van der Waals surface area contributed by atoms with Gasteiger partial charge in [-0.05, 0) is 26.3 Å². The predicted molar refractivity (Wildman–Crippen MR) is 82.0 cm³/mol. The SMILES string of the molecule is CC1CC(C)n2nccc2N1C(=O)c1cc(F)c(Cl)nc1Cl. The highest BCUT2D eigenvalue weighted by Gasteiger charge is 2.34. The maximum Gasteiger partial charge on any atom is 0.262 e. The minimum Gasteiger partial charge on any atom is -0.290 e. The molecule has 2 atom stereocenters. The van der Waals surface area contributed by atoms with Gasteiger partial charge in [-0.25, -0.2) is 14.1 Å². The number of amides is 1. The van der Waals surface area contributed by atoms with Crippen molar-refractivity contribution in [2.45, 2.75) is 32.4 Å². The van der Waals surface area contributed by atoms with Gasteiger partial charge in [-0.15, -0.1) is 0 Å². The number of aromatic nitrogens is 3. The van der Waals surface area contributed by atoms with Crippen molar-refractivity contribution in [1.29, 1.82) is 0 Å². The molecule has 1 aliphatic heterocycles. The monoisotopic (exact) mass is 342 g/mol. The summed E-state index contributed by atoms with van der Waals surface area (Å²) >= 11 is 11.5. The lowest BCUT2D eigenvalue weighted by molar-refractivity contribution is 0.0966. The van der Waals surface area contributed by atoms with Gasteiger partial charge in [0.05, 0.1) is 17.8 Å². The van der Waals surface area contributed by atoms with Gasteiger partial charge in [0, 0.05) is 12.1 Å². The van der Waals surface area contributed by atoms with E-state index in [2.05, 4.69) is 10.1 Å². The minimum atomic E-state index is -0.777. The lowest BCUT2D eigenvalue weighted by Gasteiger charge is -2.37. The highest BCUT2D eigenvalue weighted by molar-refractivity contribution is 6.35. The van der Waals surface area contributed by atoms with Gasteiger partial charge in [0.1, 0.15) is 11.0 Å². The zero-order valence-electron chi connectivity index (χ0n) is 11.9. The summed E-state index contributed by atoms with van der Waals surface area (Å²) in [5.41, 5.74) is -0.0160. The Labute approximate surface area is 136 Å². The van der Waals surface area contributed by atoms with E-state index < -0.39 is 11.7 Å². The van der Waals surface area contributed by atoms with Crippen molar-refractivity contribution in [2.75, 3.05) is 4.90 Å². The first-order valence-electron chi connectivity index (χ1n) is 6.78. The van der Waals surface area contributed by atoms with E-state index in [9.17, 15) is 9.18 Å². The predicted octanol–water partition coefficient (Wildman–Crippen LogP) is 3.72. The number of nitrogens with zero attached hydrogens (tertiary/aromatic N) is 4. The quantitative estimate of drug-likeness (QED) is 0.742. The summed E-state index contributed by atoms with van der Waals surface area (Å²) in [7, 11) is 0. The standard InChI is InChI=1S/C14H13Cl2FN4O/c1-7-5-8(2)21-11(3-4-18-21)20(7)14(22)9-6-10(17)13(16)19-12(9)15/h3-4,6-8H,5H2,1-2H3. The molecule has 22 heavy (non-hydrogen) atoms. The second kappa shape index (κ2) is 5.52. The summed E-state index contributed by atoms with van der Waals surface area (Å²) < 4.78 is 15.4. The molecule has 0 radical (unpaired) electrons. The van der Waals surface area contributed by atoms with E-state index in [1.54, 1.807) is 21.8 Å². The third-order valence-electron chi connectivity index (χ3n) is 3.77. The Kier molecular flexibility index (Phi) is 3.82. The Morgan fingerprint density at radius 3 is 2.77 bits per heavy atom. The summed E-state index contributed by atoms with van der Waals surface area (Å²) in [5, 5.41) is 3.76. The van der Waals surface area contributed by atoms with Crippen molar-refractivity contribution in [3.05, 3.63) is 40.0 Å². The number of halogens is 3. The highest BCUT2D eigenvalue weighted by Crippen LogP contribution is 2.33. The number of carbonyl (C=O) groups is 1. The van der Waals surface area contributed by atoms with Crippen molar-refractivity contribution < 1.29 is 9.18 Å². The van der Waals surface area contributed by atoms with Gasteiger partial charge < -0.3 is 0 Å². The molecule has 2 unspecified atom stereocenters. The van der Waals surface area contributed by atoms with Crippen molar-refractivity contribution in [2.24, 2.45) is 0 Å². The zero-order valence-corrected chi connectivity index (χ0v) is 13.4. The first kappa shape index (κ1) is 15.2. The molecule has 0 aromatic carbocycles. The number of carbonyl (C=O) groups excluding carboxylic acids is 1. The van der Waals surface area contributed by atoms with Crippen molar-refractivity contribution in [1.82, 2.24) is 14.8 Å². The lowest BCUT2D eigenvalue weighted by atomic mass is 10.0. The number of anilines is 1. The highest BCUT2D eigenvalue weighted by atomic mass is 35.5. The molecule has 1 amide bonds.